The lowest BCUT2D eigenvalue weighted by Crippen LogP contribution is -2.43. The molecule has 0 amide bonds. The van der Waals surface area contributed by atoms with E-state index in [9.17, 15) is 4.39 Å². The number of benzene rings is 1. The molecule has 0 aliphatic rings. The van der Waals surface area contributed by atoms with Crippen molar-refractivity contribution in [1.29, 1.82) is 0 Å². The maximum absolute atomic E-state index is 13.5. The van der Waals surface area contributed by atoms with Crippen LogP contribution in [-0.4, -0.2) is 36.2 Å². The summed E-state index contributed by atoms with van der Waals surface area (Å²) >= 11 is 0. The zero-order chi connectivity index (χ0) is 19.9. The van der Waals surface area contributed by atoms with Crippen molar-refractivity contribution >= 4 is 29.9 Å². The number of guanidine groups is 1. The molecule has 0 radical (unpaired) electrons. The number of hydrogen-bond acceptors (Lipinski definition) is 4. The molecule has 2 N–H and O–H groups in total. The van der Waals surface area contributed by atoms with Crippen LogP contribution in [0.4, 0.5) is 4.39 Å². The van der Waals surface area contributed by atoms with Gasteiger partial charge < -0.3 is 15.2 Å². The van der Waals surface area contributed by atoms with Gasteiger partial charge in [0.15, 0.2) is 11.8 Å². The second kappa shape index (κ2) is 11.3. The third-order valence-corrected chi connectivity index (χ3v) is 4.39. The predicted octanol–water partition coefficient (Wildman–Crippen LogP) is 4.03. The lowest BCUT2D eigenvalue weighted by atomic mass is 9.84. The van der Waals surface area contributed by atoms with Gasteiger partial charge in [0.25, 0.3) is 0 Å². The molecule has 8 heteroatoms. The van der Waals surface area contributed by atoms with Gasteiger partial charge in [-0.15, -0.1) is 24.0 Å². The van der Waals surface area contributed by atoms with Crippen LogP contribution in [0.1, 0.15) is 57.3 Å². The molecule has 0 unspecified atom stereocenters. The normalized spacial score (nSPS) is 12.0. The highest BCUT2D eigenvalue weighted by atomic mass is 127. The first-order chi connectivity index (χ1) is 12.8. The fourth-order valence-electron chi connectivity index (χ4n) is 2.59. The topological polar surface area (TPSA) is 75.3 Å². The van der Waals surface area contributed by atoms with Crippen LogP contribution >= 0.6 is 24.0 Å². The largest absolute Gasteiger partial charge is 0.356 e. The molecule has 0 spiro atoms. The molecule has 28 heavy (non-hydrogen) atoms. The maximum atomic E-state index is 13.5. The number of aliphatic imine (C=N–C) groups is 1. The van der Waals surface area contributed by atoms with Gasteiger partial charge in [-0.3, -0.25) is 4.99 Å². The Morgan fingerprint density at radius 3 is 2.64 bits per heavy atom. The van der Waals surface area contributed by atoms with Crippen LogP contribution in [0.25, 0.3) is 0 Å². The molecule has 0 fully saturated rings. The summed E-state index contributed by atoms with van der Waals surface area (Å²) in [7, 11) is 1.73. The second-order valence-electron chi connectivity index (χ2n) is 7.55. The second-order valence-corrected chi connectivity index (χ2v) is 7.55. The number of nitrogens with one attached hydrogen (secondary N) is 2. The van der Waals surface area contributed by atoms with Crippen LogP contribution in [-0.2, 0) is 11.8 Å². The van der Waals surface area contributed by atoms with Crippen molar-refractivity contribution in [2.75, 3.05) is 20.1 Å². The fourth-order valence-corrected chi connectivity index (χ4v) is 2.59. The number of rotatable bonds is 8. The molecule has 2 aromatic rings. The lowest BCUT2D eigenvalue weighted by molar-refractivity contribution is 0.368. The van der Waals surface area contributed by atoms with Gasteiger partial charge in [-0.1, -0.05) is 45.0 Å². The monoisotopic (exact) mass is 503 g/mol. The van der Waals surface area contributed by atoms with Crippen LogP contribution in [0.2, 0.25) is 0 Å². The van der Waals surface area contributed by atoms with E-state index in [2.05, 4.69) is 39.6 Å². The molecule has 0 aliphatic carbocycles. The molecule has 156 valence electrons. The van der Waals surface area contributed by atoms with E-state index in [1.165, 1.54) is 6.07 Å². The van der Waals surface area contributed by atoms with Crippen molar-refractivity contribution in [3.8, 4) is 0 Å². The van der Waals surface area contributed by atoms with Crippen LogP contribution in [0.3, 0.4) is 0 Å². The van der Waals surface area contributed by atoms with Gasteiger partial charge in [-0.25, -0.2) is 4.39 Å². The van der Waals surface area contributed by atoms with Crippen molar-refractivity contribution in [2.45, 2.75) is 51.9 Å². The predicted molar refractivity (Wildman–Crippen MR) is 121 cm³/mol. The molecule has 2 rings (SSSR count). The molecule has 0 saturated heterocycles. The highest BCUT2D eigenvalue weighted by molar-refractivity contribution is 14.0. The van der Waals surface area contributed by atoms with Crippen LogP contribution < -0.4 is 10.6 Å². The van der Waals surface area contributed by atoms with Crippen molar-refractivity contribution in [2.24, 2.45) is 4.99 Å². The van der Waals surface area contributed by atoms with Gasteiger partial charge in [0.1, 0.15) is 5.82 Å². The Morgan fingerprint density at radius 1 is 1.29 bits per heavy atom. The molecular formula is C20H31FIN5O. The molecule has 0 bridgehead atoms. The van der Waals surface area contributed by atoms with Crippen molar-refractivity contribution in [3.63, 3.8) is 0 Å². The number of aromatic nitrogens is 2. The first-order valence-corrected chi connectivity index (χ1v) is 9.35. The van der Waals surface area contributed by atoms with E-state index in [1.54, 1.807) is 19.2 Å². The first kappa shape index (κ1) is 24.3. The number of aryl methyl sites for hydroxylation is 1. The van der Waals surface area contributed by atoms with Crippen LogP contribution in [0, 0.1) is 5.82 Å². The van der Waals surface area contributed by atoms with Gasteiger partial charge >= 0.3 is 0 Å². The van der Waals surface area contributed by atoms with Crippen LogP contribution in [0.5, 0.6) is 0 Å². The average Bonchev–Trinajstić information content (AvgIpc) is 3.10. The number of hydrogen-bond donors (Lipinski definition) is 2. The standard InChI is InChI=1S/C20H30FN5O.HI/c1-14(2)18-25-17(27-26-18)10-7-11-23-19(22-5)24-13-20(3,4)15-8-6-9-16(21)12-15;/h6,8-9,12,14H,7,10-11,13H2,1-5H3,(H2,22,23,24);1H. The smallest absolute Gasteiger partial charge is 0.226 e. The molecule has 0 saturated carbocycles. The van der Waals surface area contributed by atoms with E-state index in [1.807, 2.05) is 19.9 Å². The van der Waals surface area contributed by atoms with E-state index in [0.717, 1.165) is 30.8 Å². The maximum Gasteiger partial charge on any atom is 0.226 e. The summed E-state index contributed by atoms with van der Waals surface area (Å²) in [5, 5.41) is 10.6. The molecule has 0 aliphatic heterocycles. The molecular weight excluding hydrogens is 472 g/mol. The van der Waals surface area contributed by atoms with Crippen LogP contribution in [0.15, 0.2) is 33.8 Å². The molecule has 0 atom stereocenters. The van der Waals surface area contributed by atoms with E-state index in [4.69, 9.17) is 4.52 Å². The van der Waals surface area contributed by atoms with Crippen molar-refractivity contribution in [3.05, 3.63) is 47.4 Å². The third kappa shape index (κ3) is 7.37. The van der Waals surface area contributed by atoms with E-state index in [0.29, 0.717) is 18.4 Å². The average molecular weight is 503 g/mol. The molecule has 1 aromatic heterocycles. The van der Waals surface area contributed by atoms with E-state index < -0.39 is 0 Å². The Hall–Kier alpha value is -1.71. The van der Waals surface area contributed by atoms with Crippen molar-refractivity contribution < 1.29 is 8.91 Å². The van der Waals surface area contributed by atoms with Gasteiger partial charge in [0, 0.05) is 37.9 Å². The lowest BCUT2D eigenvalue weighted by Gasteiger charge is -2.26. The number of halogens is 2. The summed E-state index contributed by atoms with van der Waals surface area (Å²) < 4.78 is 18.7. The summed E-state index contributed by atoms with van der Waals surface area (Å²) in [4.78, 5) is 8.62. The third-order valence-electron chi connectivity index (χ3n) is 4.39. The molecule has 1 aromatic carbocycles. The highest BCUT2D eigenvalue weighted by Crippen LogP contribution is 2.22. The minimum atomic E-state index is -0.225. The summed E-state index contributed by atoms with van der Waals surface area (Å²) in [6, 6.07) is 6.72. The van der Waals surface area contributed by atoms with E-state index >= 15 is 0 Å². The summed E-state index contributed by atoms with van der Waals surface area (Å²) in [6.07, 6.45) is 1.58. The van der Waals surface area contributed by atoms with Gasteiger partial charge in [0.05, 0.1) is 0 Å². The summed E-state index contributed by atoms with van der Waals surface area (Å²) in [5.41, 5.74) is 0.722. The van der Waals surface area contributed by atoms with Gasteiger partial charge in [0.2, 0.25) is 5.89 Å². The Bertz CT molecular complexity index is 761. The zero-order valence-electron chi connectivity index (χ0n) is 17.3. The highest BCUT2D eigenvalue weighted by Gasteiger charge is 2.21. The first-order valence-electron chi connectivity index (χ1n) is 9.35. The Morgan fingerprint density at radius 2 is 2.04 bits per heavy atom. The summed E-state index contributed by atoms with van der Waals surface area (Å²) in [6.45, 7) is 9.60. The Kier molecular flexibility index (Phi) is 9.84. The van der Waals surface area contributed by atoms with Gasteiger partial charge in [-0.05, 0) is 24.1 Å². The quantitative estimate of drug-likeness (QED) is 0.246. The summed E-state index contributed by atoms with van der Waals surface area (Å²) in [5.74, 6) is 2.17. The Labute approximate surface area is 183 Å². The minimum absolute atomic E-state index is 0. The Balaban J connectivity index is 0.00000392. The van der Waals surface area contributed by atoms with Crippen molar-refractivity contribution in [1.82, 2.24) is 20.8 Å². The van der Waals surface area contributed by atoms with E-state index in [-0.39, 0.29) is 41.1 Å². The SMILES string of the molecule is CN=C(NCCCc1nc(C(C)C)no1)NCC(C)(C)c1cccc(F)c1.I. The fraction of sp³-hybridized carbons (Fsp3) is 0.550. The molecule has 6 nitrogen and oxygen atoms in total. The number of nitrogens with zero attached hydrogens (tertiary/aromatic N) is 3. The minimum Gasteiger partial charge on any atom is -0.356 e. The molecule has 1 heterocycles. The van der Waals surface area contributed by atoms with Gasteiger partial charge in [-0.2, -0.15) is 4.98 Å². The zero-order valence-corrected chi connectivity index (χ0v) is 19.6.